The number of rotatable bonds is 6. The van der Waals surface area contributed by atoms with Crippen molar-refractivity contribution >= 4 is 33.0 Å². The lowest BCUT2D eigenvalue weighted by atomic mass is 9.77. The van der Waals surface area contributed by atoms with Crippen molar-refractivity contribution in [2.75, 3.05) is 24.3 Å². The Kier molecular flexibility index (Phi) is 6.15. The van der Waals surface area contributed by atoms with Gasteiger partial charge < -0.3 is 14.8 Å². The smallest absolute Gasteiger partial charge is 0.261 e. The van der Waals surface area contributed by atoms with Crippen LogP contribution in [-0.2, 0) is 10.0 Å². The van der Waals surface area contributed by atoms with Gasteiger partial charge in [0.25, 0.3) is 10.0 Å². The molecule has 6 nitrogen and oxygen atoms in total. The van der Waals surface area contributed by atoms with Gasteiger partial charge in [-0.15, -0.1) is 0 Å². The summed E-state index contributed by atoms with van der Waals surface area (Å²) in [5.74, 6) is 1.81. The lowest BCUT2D eigenvalue weighted by Gasteiger charge is -2.38. The lowest BCUT2D eigenvalue weighted by Crippen LogP contribution is -2.29. The van der Waals surface area contributed by atoms with Gasteiger partial charge in [0.05, 0.1) is 30.8 Å². The first-order valence-electron chi connectivity index (χ1n) is 11.4. The van der Waals surface area contributed by atoms with Gasteiger partial charge in [-0.25, -0.2) is 8.42 Å². The Balaban J connectivity index is 1.50. The highest BCUT2D eigenvalue weighted by atomic mass is 35.5. The number of hydrogen-bond donors (Lipinski definition) is 2. The first-order chi connectivity index (χ1) is 16.8. The van der Waals surface area contributed by atoms with E-state index in [9.17, 15) is 8.42 Å². The first kappa shape index (κ1) is 23.6. The predicted molar refractivity (Wildman–Crippen MR) is 139 cm³/mol. The van der Waals surface area contributed by atoms with Crippen LogP contribution in [0.25, 0.3) is 0 Å². The zero-order chi connectivity index (χ0) is 24.7. The Morgan fingerprint density at radius 3 is 2.63 bits per heavy atom. The summed E-state index contributed by atoms with van der Waals surface area (Å²) in [6.45, 7) is 1.79. The second-order valence-electron chi connectivity index (χ2n) is 8.85. The average Bonchev–Trinajstić information content (AvgIpc) is 3.36. The molecule has 0 saturated heterocycles. The normalized spacial score (nSPS) is 20.5. The van der Waals surface area contributed by atoms with Crippen LogP contribution >= 0.6 is 11.6 Å². The molecule has 0 bridgehead atoms. The van der Waals surface area contributed by atoms with Crippen LogP contribution in [0.5, 0.6) is 11.5 Å². The summed E-state index contributed by atoms with van der Waals surface area (Å²) < 4.78 is 40.2. The van der Waals surface area contributed by atoms with Gasteiger partial charge in [0.15, 0.2) is 0 Å². The molecule has 8 heteroatoms. The van der Waals surface area contributed by atoms with Crippen LogP contribution in [0.2, 0.25) is 5.02 Å². The third-order valence-corrected chi connectivity index (χ3v) is 8.70. The maximum atomic E-state index is 13.3. The maximum Gasteiger partial charge on any atom is 0.261 e. The topological polar surface area (TPSA) is 76.7 Å². The summed E-state index contributed by atoms with van der Waals surface area (Å²) in [4.78, 5) is 0.219. The number of anilines is 2. The molecule has 0 saturated carbocycles. The van der Waals surface area contributed by atoms with Crippen molar-refractivity contribution in [1.29, 1.82) is 0 Å². The second kappa shape index (κ2) is 9.13. The molecule has 182 valence electrons. The maximum absolute atomic E-state index is 13.3. The summed E-state index contributed by atoms with van der Waals surface area (Å²) in [6.07, 6.45) is 5.23. The van der Waals surface area contributed by atoms with Crippen LogP contribution in [-0.4, -0.2) is 22.6 Å². The van der Waals surface area contributed by atoms with Crippen molar-refractivity contribution in [3.05, 3.63) is 88.5 Å². The van der Waals surface area contributed by atoms with Crippen molar-refractivity contribution in [3.8, 4) is 11.5 Å². The van der Waals surface area contributed by atoms with Crippen molar-refractivity contribution in [1.82, 2.24) is 0 Å². The van der Waals surface area contributed by atoms with Gasteiger partial charge in [0.2, 0.25) is 0 Å². The Morgan fingerprint density at radius 2 is 1.86 bits per heavy atom. The molecule has 0 spiro atoms. The van der Waals surface area contributed by atoms with Gasteiger partial charge in [-0.05, 0) is 72.9 Å². The zero-order valence-electron chi connectivity index (χ0n) is 19.7. The van der Waals surface area contributed by atoms with Gasteiger partial charge in [0.1, 0.15) is 11.5 Å². The number of methoxy groups -OCH3 is 2. The molecule has 0 fully saturated rings. The van der Waals surface area contributed by atoms with Crippen LogP contribution < -0.4 is 19.5 Å². The van der Waals surface area contributed by atoms with Gasteiger partial charge in [-0.2, -0.15) is 0 Å². The average molecular weight is 511 g/mol. The van der Waals surface area contributed by atoms with E-state index in [1.54, 1.807) is 51.5 Å². The van der Waals surface area contributed by atoms with E-state index >= 15 is 0 Å². The van der Waals surface area contributed by atoms with Crippen molar-refractivity contribution in [3.63, 3.8) is 0 Å². The van der Waals surface area contributed by atoms with Gasteiger partial charge in [-0.3, -0.25) is 4.72 Å². The number of allylic oxidation sites excluding steroid dienone is 2. The molecule has 0 amide bonds. The number of ether oxygens (including phenoxy) is 2. The summed E-state index contributed by atoms with van der Waals surface area (Å²) in [5, 5.41) is 4.16. The molecule has 0 aromatic heterocycles. The van der Waals surface area contributed by atoms with Gasteiger partial charge in [0, 0.05) is 28.3 Å². The number of nitrogens with one attached hydrogen (secondary N) is 2. The highest BCUT2D eigenvalue weighted by Gasteiger charge is 2.39. The number of fused-ring (bicyclic) bond motifs is 3. The third-order valence-electron chi connectivity index (χ3n) is 6.93. The third kappa shape index (κ3) is 4.23. The predicted octanol–water partition coefficient (Wildman–Crippen LogP) is 6.29. The van der Waals surface area contributed by atoms with E-state index in [4.69, 9.17) is 21.1 Å². The van der Waals surface area contributed by atoms with Crippen LogP contribution in [0.1, 0.15) is 35.1 Å². The molecule has 2 N–H and O–H groups in total. The van der Waals surface area contributed by atoms with E-state index < -0.39 is 10.0 Å². The van der Waals surface area contributed by atoms with Crippen LogP contribution in [0.4, 0.5) is 11.4 Å². The number of halogens is 1. The lowest BCUT2D eigenvalue weighted by molar-refractivity contribution is 0.372. The van der Waals surface area contributed by atoms with Crippen LogP contribution in [0.3, 0.4) is 0 Å². The Bertz CT molecular complexity index is 1420. The van der Waals surface area contributed by atoms with E-state index in [-0.39, 0.29) is 22.8 Å². The molecule has 3 atom stereocenters. The van der Waals surface area contributed by atoms with Crippen molar-refractivity contribution in [2.45, 2.75) is 30.2 Å². The number of sulfonamides is 1. The molecule has 3 aromatic carbocycles. The van der Waals surface area contributed by atoms with Gasteiger partial charge >= 0.3 is 0 Å². The summed E-state index contributed by atoms with van der Waals surface area (Å²) in [7, 11) is -0.502. The first-order valence-corrected chi connectivity index (χ1v) is 13.3. The molecule has 0 radical (unpaired) electrons. The highest BCUT2D eigenvalue weighted by Crippen LogP contribution is 2.51. The summed E-state index contributed by atoms with van der Waals surface area (Å²) in [6, 6.07) is 16.3. The van der Waals surface area contributed by atoms with E-state index in [0.29, 0.717) is 16.3 Å². The number of hydrogen-bond acceptors (Lipinski definition) is 5. The minimum atomic E-state index is -3.79. The van der Waals surface area contributed by atoms with Crippen LogP contribution in [0.15, 0.2) is 71.6 Å². The summed E-state index contributed by atoms with van der Waals surface area (Å²) >= 11 is 6.18. The van der Waals surface area contributed by atoms with E-state index in [2.05, 4.69) is 22.2 Å². The highest BCUT2D eigenvalue weighted by molar-refractivity contribution is 7.92. The molecule has 1 aliphatic carbocycles. The van der Waals surface area contributed by atoms with Crippen molar-refractivity contribution < 1.29 is 17.9 Å². The minimum Gasteiger partial charge on any atom is -0.497 e. The second-order valence-corrected chi connectivity index (χ2v) is 10.9. The molecule has 35 heavy (non-hydrogen) atoms. The molecule has 1 heterocycles. The van der Waals surface area contributed by atoms with Gasteiger partial charge in [-0.1, -0.05) is 29.8 Å². The standard InChI is InChI=1S/C27H27ClN2O4S/c1-16-23(28)8-5-9-24(16)30-35(31,32)18-11-13-25-22(15-18)19-6-4-7-20(19)27(29-25)21-12-10-17(33-2)14-26(21)34-3/h4-6,8-15,19-20,27,29-30H,7H2,1-3H3/t19-,20+,27-/m0/s1. The molecule has 1 aliphatic heterocycles. The molecule has 5 rings (SSSR count). The van der Waals surface area contributed by atoms with Crippen molar-refractivity contribution in [2.24, 2.45) is 5.92 Å². The molecule has 2 aliphatic rings. The van der Waals surface area contributed by atoms with Crippen LogP contribution in [0, 0.1) is 12.8 Å². The minimum absolute atomic E-state index is 0.0121. The summed E-state index contributed by atoms with van der Waals surface area (Å²) in [5.41, 5.74) is 4.09. The Labute approximate surface area is 211 Å². The zero-order valence-corrected chi connectivity index (χ0v) is 21.3. The number of benzene rings is 3. The fraction of sp³-hybridized carbons (Fsp3) is 0.259. The Hall–Kier alpha value is -3.16. The monoisotopic (exact) mass is 510 g/mol. The molecule has 0 unspecified atom stereocenters. The fourth-order valence-corrected chi connectivity index (χ4v) is 6.38. The molecular formula is C27H27ClN2O4S. The SMILES string of the molecule is COc1ccc([C@H]2Nc3ccc(S(=O)(=O)Nc4cccc(Cl)c4C)cc3[C@H]3C=CC[C@H]32)c(OC)c1. The van der Waals surface area contributed by atoms with E-state index in [1.807, 2.05) is 24.3 Å². The quantitative estimate of drug-likeness (QED) is 0.381. The van der Waals surface area contributed by atoms with E-state index in [0.717, 1.165) is 34.7 Å². The Morgan fingerprint density at radius 1 is 1.03 bits per heavy atom. The largest absolute Gasteiger partial charge is 0.497 e. The molecule has 3 aromatic rings. The molecular weight excluding hydrogens is 484 g/mol. The van der Waals surface area contributed by atoms with E-state index in [1.165, 1.54) is 0 Å². The fourth-order valence-electron chi connectivity index (χ4n) is 5.04.